The van der Waals surface area contributed by atoms with E-state index >= 15 is 0 Å². The molecule has 154 valence electrons. The van der Waals surface area contributed by atoms with Gasteiger partial charge in [0.25, 0.3) is 15.6 Å². The topological polar surface area (TPSA) is 113 Å². The van der Waals surface area contributed by atoms with E-state index in [0.717, 1.165) is 5.71 Å². The zero-order chi connectivity index (χ0) is 21.5. The van der Waals surface area contributed by atoms with E-state index in [2.05, 4.69) is 14.8 Å². The van der Waals surface area contributed by atoms with Gasteiger partial charge in [0.2, 0.25) is 0 Å². The van der Waals surface area contributed by atoms with Gasteiger partial charge in [-0.3, -0.25) is 4.79 Å². The Morgan fingerprint density at radius 2 is 1.77 bits per heavy atom. The normalized spacial score (nSPS) is 14.5. The van der Waals surface area contributed by atoms with Crippen molar-refractivity contribution in [2.75, 3.05) is 5.32 Å². The van der Waals surface area contributed by atoms with Gasteiger partial charge in [-0.05, 0) is 37.1 Å². The van der Waals surface area contributed by atoms with Crippen molar-refractivity contribution >= 4 is 38.2 Å². The number of sulfonamides is 1. The molecule has 0 fully saturated rings. The molecule has 30 heavy (non-hydrogen) atoms. The molecule has 0 saturated heterocycles. The number of hydrogen-bond donors (Lipinski definition) is 2. The number of anilines is 1. The maximum absolute atomic E-state index is 13.4. The average Bonchev–Trinajstić information content (AvgIpc) is 2.74. The van der Waals surface area contributed by atoms with Crippen LogP contribution in [0, 0.1) is 0 Å². The third-order valence-electron chi connectivity index (χ3n) is 4.95. The molecule has 4 rings (SSSR count). The van der Waals surface area contributed by atoms with Gasteiger partial charge in [-0.15, -0.1) is 4.40 Å². The third-order valence-corrected chi connectivity index (χ3v) is 6.29. The van der Waals surface area contributed by atoms with Crippen molar-refractivity contribution < 1.29 is 13.5 Å². The summed E-state index contributed by atoms with van der Waals surface area (Å²) < 4.78 is 30.3. The molecule has 9 heteroatoms. The highest BCUT2D eigenvalue weighted by molar-refractivity contribution is 7.90. The highest BCUT2D eigenvalue weighted by atomic mass is 32.2. The van der Waals surface area contributed by atoms with Crippen molar-refractivity contribution in [1.82, 2.24) is 4.68 Å². The van der Waals surface area contributed by atoms with E-state index in [1.54, 1.807) is 42.5 Å². The molecule has 0 bridgehead atoms. The molecule has 0 saturated carbocycles. The molecule has 2 N–H and O–H groups in total. The van der Waals surface area contributed by atoms with Gasteiger partial charge in [0.15, 0.2) is 5.84 Å². The van der Waals surface area contributed by atoms with Gasteiger partial charge < -0.3 is 10.4 Å². The van der Waals surface area contributed by atoms with E-state index in [-0.39, 0.29) is 27.7 Å². The van der Waals surface area contributed by atoms with Crippen LogP contribution < -0.4 is 10.9 Å². The molecule has 0 atom stereocenters. The molecule has 0 amide bonds. The lowest BCUT2D eigenvalue weighted by Gasteiger charge is -2.19. The van der Waals surface area contributed by atoms with Crippen LogP contribution in [0.5, 0.6) is 5.75 Å². The van der Waals surface area contributed by atoms with E-state index < -0.39 is 15.6 Å². The molecule has 2 aromatic carbocycles. The Morgan fingerprint density at radius 1 is 1.10 bits per heavy atom. The Kier molecular flexibility index (Phi) is 4.90. The summed E-state index contributed by atoms with van der Waals surface area (Å²) >= 11 is 0. The largest absolute Gasteiger partial charge is 0.506 e. The molecule has 8 nitrogen and oxygen atoms in total. The SMILES string of the molecule is CCC(CC)=Nn1c(=O)c(C2=NS(=O)(=O)c3ccccc3N2)c(O)c2ccccc21. The summed E-state index contributed by atoms with van der Waals surface area (Å²) in [5.74, 6) is -0.585. The minimum absolute atomic E-state index is 0.00614. The second-order valence-corrected chi connectivity index (χ2v) is 8.34. The van der Waals surface area contributed by atoms with E-state index in [1.165, 1.54) is 10.7 Å². The van der Waals surface area contributed by atoms with Crippen LogP contribution in [0.1, 0.15) is 32.3 Å². The van der Waals surface area contributed by atoms with Gasteiger partial charge in [-0.25, -0.2) is 0 Å². The lowest BCUT2D eigenvalue weighted by atomic mass is 10.1. The lowest BCUT2D eigenvalue weighted by molar-refractivity contribution is 0.478. The van der Waals surface area contributed by atoms with Crippen molar-refractivity contribution in [2.45, 2.75) is 31.6 Å². The average molecular weight is 424 g/mol. The highest BCUT2D eigenvalue weighted by Gasteiger charge is 2.29. The van der Waals surface area contributed by atoms with Gasteiger partial charge in [-0.1, -0.05) is 38.1 Å². The fourth-order valence-electron chi connectivity index (χ4n) is 3.38. The number of benzene rings is 2. The van der Waals surface area contributed by atoms with Crippen LogP contribution in [-0.4, -0.2) is 29.7 Å². The van der Waals surface area contributed by atoms with Crippen LogP contribution in [0.15, 0.2) is 67.7 Å². The summed E-state index contributed by atoms with van der Waals surface area (Å²) in [6.45, 7) is 3.88. The number of pyridine rings is 1. The smallest absolute Gasteiger partial charge is 0.286 e. The fourth-order valence-corrected chi connectivity index (χ4v) is 4.50. The van der Waals surface area contributed by atoms with Crippen LogP contribution in [0.3, 0.4) is 0 Å². The monoisotopic (exact) mass is 424 g/mol. The summed E-state index contributed by atoms with van der Waals surface area (Å²) in [4.78, 5) is 13.4. The summed E-state index contributed by atoms with van der Waals surface area (Å²) in [6, 6.07) is 13.0. The lowest BCUT2D eigenvalue weighted by Crippen LogP contribution is -2.32. The second kappa shape index (κ2) is 7.42. The van der Waals surface area contributed by atoms with E-state index in [0.29, 0.717) is 23.7 Å². The number of rotatable bonds is 4. The molecule has 3 aromatic rings. The summed E-state index contributed by atoms with van der Waals surface area (Å²) in [5, 5.41) is 18.6. The molecule has 0 aliphatic carbocycles. The first-order chi connectivity index (χ1) is 14.4. The number of aromatic nitrogens is 1. The van der Waals surface area contributed by atoms with Gasteiger partial charge >= 0.3 is 0 Å². The number of amidine groups is 1. The molecule has 0 spiro atoms. The fraction of sp³-hybridized carbons (Fsp3) is 0.190. The standard InChI is InChI=1S/C21H20N4O4S/c1-3-13(4-2)23-25-16-11-7-5-9-14(16)19(26)18(21(25)27)20-22-15-10-6-8-12-17(15)30(28,29)24-20/h5-12,26H,3-4H2,1-2H3,(H,22,24). The maximum atomic E-state index is 13.4. The summed E-state index contributed by atoms with van der Waals surface area (Å²) in [6.07, 6.45) is 1.29. The van der Waals surface area contributed by atoms with E-state index in [4.69, 9.17) is 0 Å². The van der Waals surface area contributed by atoms with Crippen molar-refractivity contribution in [3.05, 3.63) is 64.4 Å². The van der Waals surface area contributed by atoms with Crippen LogP contribution in [0.2, 0.25) is 0 Å². The zero-order valence-corrected chi connectivity index (χ0v) is 17.3. The van der Waals surface area contributed by atoms with Crippen molar-refractivity contribution in [1.29, 1.82) is 0 Å². The zero-order valence-electron chi connectivity index (χ0n) is 16.5. The Bertz CT molecular complexity index is 1380. The number of para-hydroxylation sites is 2. The first kappa shape index (κ1) is 19.8. The van der Waals surface area contributed by atoms with Crippen molar-refractivity contribution in [3.8, 4) is 5.75 Å². The molecular formula is C21H20N4O4S. The van der Waals surface area contributed by atoms with Crippen LogP contribution in [0.4, 0.5) is 5.69 Å². The summed E-state index contributed by atoms with van der Waals surface area (Å²) in [7, 11) is -4.04. The molecular weight excluding hydrogens is 404 g/mol. The number of nitrogens with zero attached hydrogens (tertiary/aromatic N) is 3. The minimum Gasteiger partial charge on any atom is -0.506 e. The van der Waals surface area contributed by atoms with Gasteiger partial charge in [0.05, 0.1) is 11.2 Å². The third kappa shape index (κ3) is 3.17. The van der Waals surface area contributed by atoms with Crippen molar-refractivity contribution in [3.63, 3.8) is 0 Å². The first-order valence-corrected chi connectivity index (χ1v) is 11.0. The van der Waals surface area contributed by atoms with Crippen molar-refractivity contribution in [2.24, 2.45) is 9.50 Å². The first-order valence-electron chi connectivity index (χ1n) is 9.52. The molecule has 0 radical (unpaired) electrons. The Morgan fingerprint density at radius 3 is 2.50 bits per heavy atom. The van der Waals surface area contributed by atoms with E-state index in [1.807, 2.05) is 13.8 Å². The Labute approximate surface area is 173 Å². The predicted molar refractivity (Wildman–Crippen MR) is 117 cm³/mol. The van der Waals surface area contributed by atoms with Crippen LogP contribution in [0.25, 0.3) is 10.9 Å². The molecule has 2 heterocycles. The quantitative estimate of drug-likeness (QED) is 0.624. The number of aromatic hydroxyl groups is 1. The van der Waals surface area contributed by atoms with Gasteiger partial charge in [-0.2, -0.15) is 18.2 Å². The number of hydrogen-bond acceptors (Lipinski definition) is 6. The molecule has 1 aliphatic heterocycles. The predicted octanol–water partition coefficient (Wildman–Crippen LogP) is 3.29. The highest BCUT2D eigenvalue weighted by Crippen LogP contribution is 2.32. The second-order valence-electron chi connectivity index (χ2n) is 6.77. The minimum atomic E-state index is -4.04. The number of nitrogens with one attached hydrogen (secondary N) is 1. The van der Waals surface area contributed by atoms with Gasteiger partial charge in [0, 0.05) is 11.1 Å². The summed E-state index contributed by atoms with van der Waals surface area (Å²) in [5.41, 5.74) is 0.582. The van der Waals surface area contributed by atoms with E-state index in [9.17, 15) is 18.3 Å². The van der Waals surface area contributed by atoms with Crippen LogP contribution in [-0.2, 0) is 10.0 Å². The Balaban J connectivity index is 2.05. The van der Waals surface area contributed by atoms with Crippen LogP contribution >= 0.6 is 0 Å². The van der Waals surface area contributed by atoms with Gasteiger partial charge in [0.1, 0.15) is 16.2 Å². The molecule has 0 unspecified atom stereocenters. The molecule has 1 aromatic heterocycles. The molecule has 1 aliphatic rings. The Hall–Kier alpha value is -3.46. The number of fused-ring (bicyclic) bond motifs is 2. The maximum Gasteiger partial charge on any atom is 0.286 e.